The maximum Gasteiger partial charge on any atom is 0.243 e. The van der Waals surface area contributed by atoms with E-state index in [9.17, 15) is 8.42 Å². The molecule has 0 aliphatic carbocycles. The average molecular weight is 360 g/mol. The molecular formula is C9H9BrCl2N2O2S. The first-order chi connectivity index (χ1) is 7.74. The highest BCUT2D eigenvalue weighted by atomic mass is 79.9. The summed E-state index contributed by atoms with van der Waals surface area (Å²) in [5.74, 6) is 0. The third kappa shape index (κ3) is 3.86. The summed E-state index contributed by atoms with van der Waals surface area (Å²) in [6.07, 6.45) is 0. The topological polar surface area (TPSA) is 72.2 Å². The number of nitrogen functional groups attached to an aromatic ring is 1. The molecular weight excluding hydrogens is 351 g/mol. The summed E-state index contributed by atoms with van der Waals surface area (Å²) in [5.41, 5.74) is 5.78. The molecule has 0 aromatic heterocycles. The van der Waals surface area contributed by atoms with Gasteiger partial charge in [-0.05, 0) is 12.1 Å². The van der Waals surface area contributed by atoms with Crippen LogP contribution in [0, 0.1) is 0 Å². The number of rotatable bonds is 4. The van der Waals surface area contributed by atoms with Crippen molar-refractivity contribution < 1.29 is 8.42 Å². The van der Waals surface area contributed by atoms with Crippen LogP contribution in [0.1, 0.15) is 0 Å². The summed E-state index contributed by atoms with van der Waals surface area (Å²) >= 11 is 14.7. The zero-order chi connectivity index (χ0) is 13.2. The van der Waals surface area contributed by atoms with Crippen LogP contribution in [0.3, 0.4) is 0 Å². The van der Waals surface area contributed by atoms with E-state index in [4.69, 9.17) is 28.9 Å². The van der Waals surface area contributed by atoms with Gasteiger partial charge in [-0.3, -0.25) is 0 Å². The Labute approximate surface area is 118 Å². The van der Waals surface area contributed by atoms with Gasteiger partial charge in [0.25, 0.3) is 0 Å². The first-order valence-electron chi connectivity index (χ1n) is 4.31. The van der Waals surface area contributed by atoms with Crippen LogP contribution < -0.4 is 10.5 Å². The first-order valence-corrected chi connectivity index (χ1v) is 7.34. The van der Waals surface area contributed by atoms with Gasteiger partial charge in [0.1, 0.15) is 4.90 Å². The molecule has 0 radical (unpaired) electrons. The van der Waals surface area contributed by atoms with Crippen molar-refractivity contribution in [3.8, 4) is 0 Å². The molecule has 0 bridgehead atoms. The van der Waals surface area contributed by atoms with E-state index < -0.39 is 10.0 Å². The summed E-state index contributed by atoms with van der Waals surface area (Å²) in [5, 5.41) is -0.0506. The lowest BCUT2D eigenvalue weighted by molar-refractivity contribution is 0.585. The number of halogens is 3. The summed E-state index contributed by atoms with van der Waals surface area (Å²) in [4.78, 5) is -0.191. The van der Waals surface area contributed by atoms with Crippen molar-refractivity contribution in [2.24, 2.45) is 0 Å². The fraction of sp³-hybridized carbons (Fsp3) is 0.111. The van der Waals surface area contributed by atoms with Crippen LogP contribution in [0.5, 0.6) is 0 Å². The van der Waals surface area contributed by atoms with Crippen LogP contribution in [0.2, 0.25) is 10.0 Å². The monoisotopic (exact) mass is 358 g/mol. The third-order valence-electron chi connectivity index (χ3n) is 1.74. The summed E-state index contributed by atoms with van der Waals surface area (Å²) in [6.45, 7) is 3.56. The standard InChI is InChI=1S/C9H9BrCl2N2O2S/c1-5(10)4-14-17(15,16)9-7(11)2-6(13)3-8(9)12/h2-3,14H,1,4,13H2. The molecule has 4 nitrogen and oxygen atoms in total. The zero-order valence-corrected chi connectivity index (χ0v) is 12.4. The molecule has 8 heteroatoms. The lowest BCUT2D eigenvalue weighted by Crippen LogP contribution is -2.25. The van der Waals surface area contributed by atoms with Gasteiger partial charge < -0.3 is 5.73 Å². The van der Waals surface area contributed by atoms with Crippen LogP contribution in [0.25, 0.3) is 0 Å². The Hall–Kier alpha value is -0.270. The zero-order valence-electron chi connectivity index (χ0n) is 8.50. The van der Waals surface area contributed by atoms with E-state index in [1.165, 1.54) is 12.1 Å². The number of sulfonamides is 1. The molecule has 0 saturated carbocycles. The molecule has 0 aliphatic heterocycles. The molecule has 0 atom stereocenters. The molecule has 3 N–H and O–H groups in total. The summed E-state index contributed by atoms with van der Waals surface area (Å²) in [6, 6.07) is 2.65. The number of hydrogen-bond donors (Lipinski definition) is 2. The van der Waals surface area contributed by atoms with Gasteiger partial charge >= 0.3 is 0 Å². The van der Waals surface area contributed by atoms with Crippen molar-refractivity contribution in [1.82, 2.24) is 4.72 Å². The second-order valence-electron chi connectivity index (χ2n) is 3.16. The van der Waals surface area contributed by atoms with Crippen LogP contribution in [0.4, 0.5) is 5.69 Å². The van der Waals surface area contributed by atoms with Crippen molar-refractivity contribution in [2.75, 3.05) is 12.3 Å². The van der Waals surface area contributed by atoms with Gasteiger partial charge in [0.2, 0.25) is 10.0 Å². The lowest BCUT2D eigenvalue weighted by Gasteiger charge is -2.10. The quantitative estimate of drug-likeness (QED) is 0.812. The molecule has 1 rings (SSSR count). The molecule has 1 aromatic carbocycles. The van der Waals surface area contributed by atoms with E-state index in [1.807, 2.05) is 0 Å². The molecule has 0 saturated heterocycles. The smallest absolute Gasteiger partial charge is 0.243 e. The summed E-state index contributed by atoms with van der Waals surface area (Å²) in [7, 11) is -3.79. The fourth-order valence-corrected chi connectivity index (χ4v) is 3.66. The molecule has 0 heterocycles. The van der Waals surface area contributed by atoms with Gasteiger partial charge in [0.05, 0.1) is 10.0 Å². The van der Waals surface area contributed by atoms with Crippen LogP contribution >= 0.6 is 39.1 Å². The number of anilines is 1. The Morgan fingerprint density at radius 1 is 1.41 bits per heavy atom. The molecule has 0 amide bonds. The number of nitrogens with two attached hydrogens (primary N) is 1. The number of hydrogen-bond acceptors (Lipinski definition) is 3. The van der Waals surface area contributed by atoms with Crippen molar-refractivity contribution in [2.45, 2.75) is 4.90 Å². The van der Waals surface area contributed by atoms with Gasteiger partial charge in [0, 0.05) is 16.7 Å². The molecule has 1 aromatic rings. The minimum Gasteiger partial charge on any atom is -0.399 e. The van der Waals surface area contributed by atoms with Crippen LogP contribution in [0.15, 0.2) is 28.1 Å². The maximum atomic E-state index is 11.9. The Kier molecular flexibility index (Phi) is 4.86. The van der Waals surface area contributed by atoms with Crippen molar-refractivity contribution >= 4 is 54.8 Å². The lowest BCUT2D eigenvalue weighted by atomic mass is 10.3. The molecule has 17 heavy (non-hydrogen) atoms. The number of benzene rings is 1. The average Bonchev–Trinajstić information content (AvgIpc) is 2.12. The van der Waals surface area contributed by atoms with Gasteiger partial charge in [-0.2, -0.15) is 0 Å². The van der Waals surface area contributed by atoms with Gasteiger partial charge in [-0.25, -0.2) is 13.1 Å². The van der Waals surface area contributed by atoms with Crippen molar-refractivity contribution in [1.29, 1.82) is 0 Å². The largest absolute Gasteiger partial charge is 0.399 e. The van der Waals surface area contributed by atoms with E-state index in [2.05, 4.69) is 27.2 Å². The Bertz CT molecular complexity index is 537. The van der Waals surface area contributed by atoms with E-state index in [0.29, 0.717) is 10.2 Å². The maximum absolute atomic E-state index is 11.9. The highest BCUT2D eigenvalue weighted by Gasteiger charge is 2.21. The van der Waals surface area contributed by atoms with Crippen LogP contribution in [-0.2, 0) is 10.0 Å². The minimum absolute atomic E-state index is 0.0253. The van der Waals surface area contributed by atoms with Crippen molar-refractivity contribution in [3.63, 3.8) is 0 Å². The fourth-order valence-electron chi connectivity index (χ4n) is 1.08. The van der Waals surface area contributed by atoms with E-state index in [1.54, 1.807) is 0 Å². The Morgan fingerprint density at radius 2 is 1.88 bits per heavy atom. The molecule has 0 spiro atoms. The van der Waals surface area contributed by atoms with Gasteiger partial charge in [-0.15, -0.1) is 0 Å². The van der Waals surface area contributed by atoms with Gasteiger partial charge in [-0.1, -0.05) is 45.7 Å². The molecule has 0 fully saturated rings. The minimum atomic E-state index is -3.79. The second kappa shape index (κ2) is 5.58. The van der Waals surface area contributed by atoms with E-state index >= 15 is 0 Å². The van der Waals surface area contributed by atoms with Crippen LogP contribution in [-0.4, -0.2) is 15.0 Å². The third-order valence-corrected chi connectivity index (χ3v) is 4.35. The molecule has 0 aliphatic rings. The predicted octanol–water partition coefficient (Wildman–Crippen LogP) is 2.76. The predicted molar refractivity (Wildman–Crippen MR) is 74.1 cm³/mol. The second-order valence-corrected chi connectivity index (χ2v) is 6.80. The summed E-state index contributed by atoms with van der Waals surface area (Å²) < 4.78 is 26.6. The molecule has 0 unspecified atom stereocenters. The highest BCUT2D eigenvalue weighted by molar-refractivity contribution is 9.11. The SMILES string of the molecule is C=C(Br)CNS(=O)(=O)c1c(Cl)cc(N)cc1Cl. The van der Waals surface area contributed by atoms with Crippen molar-refractivity contribution in [3.05, 3.63) is 33.2 Å². The Morgan fingerprint density at radius 3 is 2.29 bits per heavy atom. The van der Waals surface area contributed by atoms with E-state index in [-0.39, 0.29) is 21.5 Å². The first kappa shape index (κ1) is 14.8. The number of nitrogens with one attached hydrogen (secondary N) is 1. The van der Waals surface area contributed by atoms with E-state index in [0.717, 1.165) is 0 Å². The van der Waals surface area contributed by atoms with Gasteiger partial charge in [0.15, 0.2) is 0 Å². The molecule has 94 valence electrons. The normalized spacial score (nSPS) is 11.5. The highest BCUT2D eigenvalue weighted by Crippen LogP contribution is 2.31. The Balaban J connectivity index is 3.20.